The average Bonchev–Trinajstić information content (AvgIpc) is 2.79. The molecule has 2 aromatic rings. The molecular weight excluding hydrogens is 351 g/mol. The van der Waals surface area contributed by atoms with E-state index in [1.165, 1.54) is 6.07 Å². The van der Waals surface area contributed by atoms with Crippen LogP contribution in [0.15, 0.2) is 16.7 Å². The number of aromatic nitrogens is 1. The zero-order chi connectivity index (χ0) is 16.3. The Labute approximate surface area is 137 Å². The molecule has 0 saturated heterocycles. The minimum atomic E-state index is -0.417. The van der Waals surface area contributed by atoms with E-state index in [1.807, 2.05) is 17.8 Å². The predicted octanol–water partition coefficient (Wildman–Crippen LogP) is 3.55. The molecule has 120 valence electrons. The first-order chi connectivity index (χ1) is 10.5. The van der Waals surface area contributed by atoms with Crippen LogP contribution in [0.5, 0.6) is 5.75 Å². The number of likely N-dealkylation sites (N-methyl/N-ethyl adjacent to an activating group) is 1. The smallest absolute Gasteiger partial charge is 0.224 e. The zero-order valence-corrected chi connectivity index (χ0v) is 14.6. The molecular formula is C16H20BrFN2O2. The van der Waals surface area contributed by atoms with Crippen LogP contribution in [0.3, 0.4) is 0 Å². The van der Waals surface area contributed by atoms with Gasteiger partial charge in [0.15, 0.2) is 11.6 Å². The minimum absolute atomic E-state index is 0.118. The summed E-state index contributed by atoms with van der Waals surface area (Å²) in [6.45, 7) is 2.51. The molecule has 0 atom stereocenters. The normalized spacial score (nSPS) is 11.0. The third-order valence-corrected chi connectivity index (χ3v) is 4.16. The molecule has 2 rings (SSSR count). The molecule has 1 amide bonds. The molecule has 1 aromatic heterocycles. The lowest BCUT2D eigenvalue weighted by Crippen LogP contribution is -2.19. The molecule has 0 aliphatic heterocycles. The van der Waals surface area contributed by atoms with Gasteiger partial charge in [-0.1, -0.05) is 13.3 Å². The van der Waals surface area contributed by atoms with E-state index < -0.39 is 5.82 Å². The summed E-state index contributed by atoms with van der Waals surface area (Å²) in [7, 11) is 3.46. The van der Waals surface area contributed by atoms with Crippen LogP contribution in [0.1, 0.15) is 25.3 Å². The van der Waals surface area contributed by atoms with Gasteiger partial charge in [0.05, 0.1) is 18.5 Å². The van der Waals surface area contributed by atoms with Crippen LogP contribution in [-0.4, -0.2) is 24.1 Å². The molecule has 0 spiro atoms. The van der Waals surface area contributed by atoms with Crippen LogP contribution >= 0.6 is 15.9 Å². The van der Waals surface area contributed by atoms with Crippen molar-refractivity contribution in [2.75, 3.05) is 13.7 Å². The molecule has 0 unspecified atom stereocenters. The first kappa shape index (κ1) is 16.8. The molecule has 0 aliphatic carbocycles. The molecule has 0 fully saturated rings. The van der Waals surface area contributed by atoms with Gasteiger partial charge in [0, 0.05) is 30.2 Å². The Hall–Kier alpha value is -1.56. The van der Waals surface area contributed by atoms with E-state index in [2.05, 4.69) is 28.2 Å². The number of amides is 1. The summed E-state index contributed by atoms with van der Waals surface area (Å²) in [6.07, 6.45) is 3.86. The maximum atomic E-state index is 14.4. The van der Waals surface area contributed by atoms with Crippen molar-refractivity contribution in [3.05, 3.63) is 28.1 Å². The molecule has 0 radical (unpaired) electrons. The van der Waals surface area contributed by atoms with Gasteiger partial charge in [0.1, 0.15) is 0 Å². The topological polar surface area (TPSA) is 43.3 Å². The van der Waals surface area contributed by atoms with Gasteiger partial charge in [-0.15, -0.1) is 0 Å². The highest BCUT2D eigenvalue weighted by Crippen LogP contribution is 2.38. The van der Waals surface area contributed by atoms with Crippen molar-refractivity contribution in [3.63, 3.8) is 0 Å². The standard InChI is InChI=1S/C16H20BrFN2O2/c1-4-5-6-22-16-12(18)8-11(17)15-14(16)10(9-20(15)3)7-13(21)19-2/h8-9H,4-7H2,1-3H3,(H,19,21). The fourth-order valence-corrected chi connectivity index (χ4v) is 3.13. The highest BCUT2D eigenvalue weighted by atomic mass is 79.9. The van der Waals surface area contributed by atoms with Crippen molar-refractivity contribution < 1.29 is 13.9 Å². The van der Waals surface area contributed by atoms with Gasteiger partial charge in [0.25, 0.3) is 0 Å². The highest BCUT2D eigenvalue weighted by molar-refractivity contribution is 9.10. The molecule has 6 heteroatoms. The van der Waals surface area contributed by atoms with Crippen LogP contribution in [-0.2, 0) is 18.3 Å². The van der Waals surface area contributed by atoms with Gasteiger partial charge in [-0.3, -0.25) is 4.79 Å². The fraction of sp³-hybridized carbons (Fsp3) is 0.438. The lowest BCUT2D eigenvalue weighted by atomic mass is 10.1. The van der Waals surface area contributed by atoms with Crippen LogP contribution in [0.4, 0.5) is 4.39 Å². The van der Waals surface area contributed by atoms with Crippen molar-refractivity contribution in [2.45, 2.75) is 26.2 Å². The largest absolute Gasteiger partial charge is 0.490 e. The Morgan fingerprint density at radius 3 is 2.86 bits per heavy atom. The molecule has 4 nitrogen and oxygen atoms in total. The first-order valence-corrected chi connectivity index (χ1v) is 8.08. The van der Waals surface area contributed by atoms with Crippen molar-refractivity contribution in [3.8, 4) is 5.75 Å². The quantitative estimate of drug-likeness (QED) is 0.790. The molecule has 0 bridgehead atoms. The van der Waals surface area contributed by atoms with Gasteiger partial charge in [-0.2, -0.15) is 0 Å². The summed E-state index contributed by atoms with van der Waals surface area (Å²) in [5.74, 6) is -0.307. The van der Waals surface area contributed by atoms with E-state index in [0.29, 0.717) is 16.5 Å². The number of halogens is 2. The van der Waals surface area contributed by atoms with Gasteiger partial charge < -0.3 is 14.6 Å². The van der Waals surface area contributed by atoms with Crippen molar-refractivity contribution in [1.82, 2.24) is 9.88 Å². The van der Waals surface area contributed by atoms with Gasteiger partial charge in [-0.25, -0.2) is 4.39 Å². The number of ether oxygens (including phenoxy) is 1. The number of nitrogens with one attached hydrogen (secondary N) is 1. The summed E-state index contributed by atoms with van der Waals surface area (Å²) in [5, 5.41) is 3.26. The van der Waals surface area contributed by atoms with E-state index in [1.54, 1.807) is 7.05 Å². The van der Waals surface area contributed by atoms with Crippen molar-refractivity contribution >= 4 is 32.7 Å². The molecule has 0 aliphatic rings. The second-order valence-electron chi connectivity index (χ2n) is 5.21. The molecule has 1 aromatic carbocycles. The van der Waals surface area contributed by atoms with Gasteiger partial charge in [-0.05, 0) is 34.0 Å². The second-order valence-corrected chi connectivity index (χ2v) is 6.06. The maximum Gasteiger partial charge on any atom is 0.224 e. The number of carbonyl (C=O) groups excluding carboxylic acids is 1. The summed E-state index contributed by atoms with van der Waals surface area (Å²) in [5.41, 5.74) is 1.58. The lowest BCUT2D eigenvalue weighted by Gasteiger charge is -2.11. The van der Waals surface area contributed by atoms with Crippen LogP contribution in [0.2, 0.25) is 0 Å². The molecule has 1 heterocycles. The number of unbranched alkanes of at least 4 members (excludes halogenated alkanes) is 1. The van der Waals surface area contributed by atoms with E-state index in [0.717, 1.165) is 23.9 Å². The summed E-state index contributed by atoms with van der Waals surface area (Å²) in [4.78, 5) is 11.7. The fourth-order valence-electron chi connectivity index (χ4n) is 2.45. The number of fused-ring (bicyclic) bond motifs is 1. The SMILES string of the molecule is CCCCOc1c(F)cc(Br)c2c1c(CC(=O)NC)cn2C. The Balaban J connectivity index is 2.58. The Morgan fingerprint density at radius 2 is 2.23 bits per heavy atom. The Kier molecular flexibility index (Phi) is 5.45. The summed E-state index contributed by atoms with van der Waals surface area (Å²) >= 11 is 3.39. The second kappa shape index (κ2) is 7.13. The van der Waals surface area contributed by atoms with Crippen molar-refractivity contribution in [2.24, 2.45) is 7.05 Å². The van der Waals surface area contributed by atoms with Gasteiger partial charge >= 0.3 is 0 Å². The van der Waals surface area contributed by atoms with E-state index in [-0.39, 0.29) is 18.1 Å². The predicted molar refractivity (Wildman–Crippen MR) is 88.8 cm³/mol. The number of benzene rings is 1. The number of hydrogen-bond donors (Lipinski definition) is 1. The number of hydrogen-bond acceptors (Lipinski definition) is 2. The number of carbonyl (C=O) groups is 1. The van der Waals surface area contributed by atoms with Crippen molar-refractivity contribution in [1.29, 1.82) is 0 Å². The van der Waals surface area contributed by atoms with Crippen LogP contribution in [0.25, 0.3) is 10.9 Å². The number of rotatable bonds is 6. The molecule has 1 N–H and O–H groups in total. The maximum absolute atomic E-state index is 14.4. The monoisotopic (exact) mass is 370 g/mol. The summed E-state index contributed by atoms with van der Waals surface area (Å²) in [6, 6.07) is 1.41. The minimum Gasteiger partial charge on any atom is -0.490 e. The summed E-state index contributed by atoms with van der Waals surface area (Å²) < 4.78 is 22.6. The highest BCUT2D eigenvalue weighted by Gasteiger charge is 2.20. The molecule has 0 saturated carbocycles. The third kappa shape index (κ3) is 3.27. The van der Waals surface area contributed by atoms with E-state index >= 15 is 0 Å². The first-order valence-electron chi connectivity index (χ1n) is 7.28. The zero-order valence-electron chi connectivity index (χ0n) is 13.0. The number of nitrogens with zero attached hydrogens (tertiary/aromatic N) is 1. The lowest BCUT2D eigenvalue weighted by molar-refractivity contribution is -0.119. The van der Waals surface area contributed by atoms with E-state index in [9.17, 15) is 9.18 Å². The third-order valence-electron chi connectivity index (χ3n) is 3.56. The van der Waals surface area contributed by atoms with Crippen LogP contribution in [0, 0.1) is 5.82 Å². The Morgan fingerprint density at radius 1 is 1.50 bits per heavy atom. The van der Waals surface area contributed by atoms with Crippen LogP contribution < -0.4 is 10.1 Å². The average molecular weight is 371 g/mol. The molecule has 22 heavy (non-hydrogen) atoms. The number of aryl methyl sites for hydroxylation is 1. The Bertz CT molecular complexity index is 697. The van der Waals surface area contributed by atoms with E-state index in [4.69, 9.17) is 4.74 Å². The van der Waals surface area contributed by atoms with Gasteiger partial charge in [0.2, 0.25) is 5.91 Å².